The molecule has 1 fully saturated rings. The maximum Gasteiger partial charge on any atom is 0.181 e. The zero-order chi connectivity index (χ0) is 22.6. The van der Waals surface area contributed by atoms with Gasteiger partial charge in [-0.2, -0.15) is 0 Å². The third-order valence-corrected chi connectivity index (χ3v) is 6.42. The van der Waals surface area contributed by atoms with E-state index in [1.54, 1.807) is 7.11 Å². The fourth-order valence-electron chi connectivity index (χ4n) is 4.53. The summed E-state index contributed by atoms with van der Waals surface area (Å²) in [6.07, 6.45) is 2.60. The highest BCUT2D eigenvalue weighted by molar-refractivity contribution is 5.63. The van der Waals surface area contributed by atoms with Crippen LogP contribution in [0.4, 0.5) is 0 Å². The minimum Gasteiger partial charge on any atom is -0.497 e. The summed E-state index contributed by atoms with van der Waals surface area (Å²) in [5, 5.41) is 5.01. The van der Waals surface area contributed by atoms with E-state index in [0.717, 1.165) is 35.1 Å². The van der Waals surface area contributed by atoms with Crippen LogP contribution in [0.2, 0.25) is 0 Å². The SMILES string of the molecule is COc1ccc(-c2nc(-c3cccc(CN4CCCC4)c3)nn2C(C)c2ccccc2)cc1. The zero-order valence-electron chi connectivity index (χ0n) is 19.3. The molecule has 2 heterocycles. The molecule has 0 radical (unpaired) electrons. The zero-order valence-corrected chi connectivity index (χ0v) is 19.3. The van der Waals surface area contributed by atoms with Gasteiger partial charge in [-0.05, 0) is 74.3 Å². The Kier molecular flexibility index (Phi) is 6.22. The number of rotatable bonds is 7. The summed E-state index contributed by atoms with van der Waals surface area (Å²) >= 11 is 0. The molecule has 1 saturated heterocycles. The molecule has 1 aliphatic rings. The summed E-state index contributed by atoms with van der Waals surface area (Å²) in [4.78, 5) is 7.54. The normalized spacial score (nSPS) is 15.0. The fraction of sp³-hybridized carbons (Fsp3) is 0.286. The Hall–Kier alpha value is -3.44. The molecule has 5 nitrogen and oxygen atoms in total. The van der Waals surface area contributed by atoms with Gasteiger partial charge in [0, 0.05) is 17.7 Å². The number of nitrogens with zero attached hydrogens (tertiary/aromatic N) is 4. The van der Waals surface area contributed by atoms with Crippen LogP contribution in [0.3, 0.4) is 0 Å². The first-order chi connectivity index (χ1) is 16.2. The number of benzene rings is 3. The van der Waals surface area contributed by atoms with E-state index >= 15 is 0 Å². The molecule has 0 N–H and O–H groups in total. The van der Waals surface area contributed by atoms with Gasteiger partial charge < -0.3 is 4.74 Å². The molecule has 1 atom stereocenters. The van der Waals surface area contributed by atoms with Crippen LogP contribution in [-0.4, -0.2) is 39.9 Å². The van der Waals surface area contributed by atoms with Crippen LogP contribution in [0.25, 0.3) is 22.8 Å². The molecule has 5 heteroatoms. The van der Waals surface area contributed by atoms with Gasteiger partial charge in [-0.3, -0.25) is 4.90 Å². The largest absolute Gasteiger partial charge is 0.497 e. The van der Waals surface area contributed by atoms with Crippen molar-refractivity contribution in [3.63, 3.8) is 0 Å². The van der Waals surface area contributed by atoms with E-state index in [9.17, 15) is 0 Å². The average Bonchev–Trinajstić information content (AvgIpc) is 3.55. The number of ether oxygens (including phenoxy) is 1. The average molecular weight is 439 g/mol. The van der Waals surface area contributed by atoms with Crippen molar-refractivity contribution in [1.29, 1.82) is 0 Å². The van der Waals surface area contributed by atoms with E-state index in [1.165, 1.54) is 37.1 Å². The first-order valence-electron chi connectivity index (χ1n) is 11.7. The van der Waals surface area contributed by atoms with Crippen LogP contribution in [0, 0.1) is 0 Å². The topological polar surface area (TPSA) is 43.2 Å². The summed E-state index contributed by atoms with van der Waals surface area (Å²) < 4.78 is 7.39. The maximum absolute atomic E-state index is 5.35. The van der Waals surface area contributed by atoms with Crippen LogP contribution < -0.4 is 4.74 Å². The number of methoxy groups -OCH3 is 1. The number of aromatic nitrogens is 3. The highest BCUT2D eigenvalue weighted by Crippen LogP contribution is 2.29. The van der Waals surface area contributed by atoms with Gasteiger partial charge in [-0.15, -0.1) is 5.10 Å². The molecule has 0 saturated carbocycles. The molecule has 0 amide bonds. The number of likely N-dealkylation sites (tertiary alicyclic amines) is 1. The van der Waals surface area contributed by atoms with Crippen molar-refractivity contribution in [1.82, 2.24) is 19.7 Å². The van der Waals surface area contributed by atoms with Crippen LogP contribution in [0.15, 0.2) is 78.9 Å². The second kappa shape index (κ2) is 9.59. The summed E-state index contributed by atoms with van der Waals surface area (Å²) in [6.45, 7) is 5.53. The van der Waals surface area contributed by atoms with E-state index < -0.39 is 0 Å². The second-order valence-electron chi connectivity index (χ2n) is 8.70. The Labute approximate surface area is 195 Å². The lowest BCUT2D eigenvalue weighted by atomic mass is 10.1. The predicted molar refractivity (Wildman–Crippen MR) is 132 cm³/mol. The van der Waals surface area contributed by atoms with E-state index in [4.69, 9.17) is 14.8 Å². The van der Waals surface area contributed by atoms with Gasteiger partial charge in [-0.25, -0.2) is 9.67 Å². The Bertz CT molecular complexity index is 1190. The molecule has 0 spiro atoms. The molecular formula is C28H30N4O. The van der Waals surface area contributed by atoms with Crippen molar-refractivity contribution in [2.45, 2.75) is 32.4 Å². The smallest absolute Gasteiger partial charge is 0.181 e. The van der Waals surface area contributed by atoms with Gasteiger partial charge in [0.05, 0.1) is 13.2 Å². The van der Waals surface area contributed by atoms with Crippen molar-refractivity contribution in [2.24, 2.45) is 0 Å². The van der Waals surface area contributed by atoms with Gasteiger partial charge in [0.2, 0.25) is 0 Å². The van der Waals surface area contributed by atoms with Gasteiger partial charge in [0.25, 0.3) is 0 Å². The van der Waals surface area contributed by atoms with Crippen molar-refractivity contribution in [3.8, 4) is 28.5 Å². The Morgan fingerprint density at radius 3 is 2.36 bits per heavy atom. The summed E-state index contributed by atoms with van der Waals surface area (Å²) in [6, 6.07) is 27.2. The molecular weight excluding hydrogens is 408 g/mol. The molecule has 0 aliphatic carbocycles. The van der Waals surface area contributed by atoms with E-state index in [2.05, 4.69) is 60.4 Å². The molecule has 3 aromatic carbocycles. The summed E-state index contributed by atoms with van der Waals surface area (Å²) in [7, 11) is 1.68. The van der Waals surface area contributed by atoms with Crippen LogP contribution in [0.5, 0.6) is 5.75 Å². The maximum atomic E-state index is 5.35. The lowest BCUT2D eigenvalue weighted by Gasteiger charge is -2.15. The molecule has 1 aromatic heterocycles. The van der Waals surface area contributed by atoms with E-state index in [-0.39, 0.29) is 6.04 Å². The molecule has 1 aliphatic heterocycles. The van der Waals surface area contributed by atoms with Crippen molar-refractivity contribution >= 4 is 0 Å². The second-order valence-corrected chi connectivity index (χ2v) is 8.70. The molecule has 1 unspecified atom stereocenters. The van der Waals surface area contributed by atoms with Crippen LogP contribution in [-0.2, 0) is 6.54 Å². The van der Waals surface area contributed by atoms with Crippen LogP contribution >= 0.6 is 0 Å². The van der Waals surface area contributed by atoms with E-state index in [0.29, 0.717) is 0 Å². The first kappa shape index (κ1) is 21.4. The molecule has 33 heavy (non-hydrogen) atoms. The Morgan fingerprint density at radius 1 is 0.879 bits per heavy atom. The van der Waals surface area contributed by atoms with Gasteiger partial charge >= 0.3 is 0 Å². The highest BCUT2D eigenvalue weighted by atomic mass is 16.5. The molecule has 168 valence electrons. The van der Waals surface area contributed by atoms with Crippen molar-refractivity contribution < 1.29 is 4.74 Å². The third kappa shape index (κ3) is 4.69. The quantitative estimate of drug-likeness (QED) is 0.364. The van der Waals surface area contributed by atoms with Gasteiger partial charge in [0.1, 0.15) is 5.75 Å². The number of hydrogen-bond donors (Lipinski definition) is 0. The van der Waals surface area contributed by atoms with Crippen molar-refractivity contribution in [2.75, 3.05) is 20.2 Å². The number of hydrogen-bond acceptors (Lipinski definition) is 4. The standard InChI is InChI=1S/C28H30N4O/c1-21(23-10-4-3-5-11-23)32-28(24-13-15-26(33-2)16-14-24)29-27(30-32)25-12-8-9-22(19-25)20-31-17-6-7-18-31/h3-5,8-16,19,21H,6-7,17-18,20H2,1-2H3. The molecule has 4 aromatic rings. The van der Waals surface area contributed by atoms with Gasteiger partial charge in [0.15, 0.2) is 11.6 Å². The first-order valence-corrected chi connectivity index (χ1v) is 11.7. The van der Waals surface area contributed by atoms with E-state index in [1.807, 2.05) is 35.0 Å². The fourth-order valence-corrected chi connectivity index (χ4v) is 4.53. The Balaban J connectivity index is 1.53. The summed E-state index contributed by atoms with van der Waals surface area (Å²) in [5.74, 6) is 2.44. The third-order valence-electron chi connectivity index (χ3n) is 6.42. The lowest BCUT2D eigenvalue weighted by Crippen LogP contribution is -2.18. The predicted octanol–water partition coefficient (Wildman–Crippen LogP) is 5.83. The Morgan fingerprint density at radius 2 is 1.64 bits per heavy atom. The lowest BCUT2D eigenvalue weighted by molar-refractivity contribution is 0.331. The molecule has 0 bridgehead atoms. The van der Waals surface area contributed by atoms with Crippen LogP contribution in [0.1, 0.15) is 36.9 Å². The van der Waals surface area contributed by atoms with Crippen molar-refractivity contribution in [3.05, 3.63) is 90.0 Å². The highest BCUT2D eigenvalue weighted by Gasteiger charge is 2.20. The summed E-state index contributed by atoms with van der Waals surface area (Å²) in [5.41, 5.74) is 4.59. The molecule has 5 rings (SSSR count). The minimum absolute atomic E-state index is 0.0531. The monoisotopic (exact) mass is 438 g/mol. The van der Waals surface area contributed by atoms with Gasteiger partial charge in [-0.1, -0.05) is 48.5 Å². The minimum atomic E-state index is 0.0531.